The lowest BCUT2D eigenvalue weighted by Gasteiger charge is -2.29. The molecule has 0 bridgehead atoms. The number of hydrogen-bond donors (Lipinski definition) is 5. The second-order valence-corrected chi connectivity index (χ2v) is 8.63. The van der Waals surface area contributed by atoms with Crippen LogP contribution in [-0.4, -0.2) is 64.5 Å². The van der Waals surface area contributed by atoms with Crippen LogP contribution in [0.15, 0.2) is 36.8 Å². The molecule has 11 nitrogen and oxygen atoms in total. The smallest absolute Gasteiger partial charge is 0.371 e. The monoisotopic (exact) mass is 512 g/mol. The number of fused-ring (bicyclic) bond motifs is 1. The van der Waals surface area contributed by atoms with Gasteiger partial charge >= 0.3 is 5.97 Å². The molecule has 1 aliphatic heterocycles. The molecule has 4 rings (SSSR count). The highest BCUT2D eigenvalue weighted by Gasteiger charge is 2.55. The lowest BCUT2D eigenvalue weighted by molar-refractivity contribution is -0.148. The van der Waals surface area contributed by atoms with Gasteiger partial charge in [0.05, 0.1) is 15.4 Å². The number of anilines is 1. The molecule has 1 aliphatic rings. The standard InChI is InChI=1S/C18H18Cl2N4O4.C3H4O3/c1-18(27)13(26)17(24-5-4-9-15(21)22-7-23-16(9)24)28-14(18)12(25)8-2-3-10(19)11(20)6-8;1-2(4)3(5)6/h2-7,12-14,17,25-27H,1H3,(H2,21,22,23);1H3,(H,5,6)/t12-,13+,14-,17-,18+;/m1./s1. The van der Waals surface area contributed by atoms with Gasteiger partial charge in [0.2, 0.25) is 5.78 Å². The van der Waals surface area contributed by atoms with Gasteiger partial charge in [-0.3, -0.25) is 4.79 Å². The number of aliphatic hydroxyl groups excluding tert-OH is 2. The van der Waals surface area contributed by atoms with Crippen molar-refractivity contribution >= 4 is 51.8 Å². The molecule has 1 fully saturated rings. The summed E-state index contributed by atoms with van der Waals surface area (Å²) in [6, 6.07) is 6.31. The molecule has 182 valence electrons. The number of carboxylic acid groups (broad SMARTS) is 1. The van der Waals surface area contributed by atoms with Crippen molar-refractivity contribution in [2.45, 2.75) is 44.0 Å². The number of carbonyl (C=O) groups excluding carboxylic acids is 1. The SMILES string of the molecule is CC(=O)C(=O)O.C[C@@]1(O)[C@@H]([C@H](O)c2ccc(Cl)c(Cl)c2)O[C@@H](n2ccc3c(N)ncnc32)[C@@H]1O. The van der Waals surface area contributed by atoms with E-state index in [2.05, 4.69) is 9.97 Å². The van der Waals surface area contributed by atoms with E-state index in [0.717, 1.165) is 6.92 Å². The zero-order valence-corrected chi connectivity index (χ0v) is 19.5. The first-order valence-electron chi connectivity index (χ1n) is 9.86. The number of nitrogen functional groups attached to an aromatic ring is 1. The predicted molar refractivity (Wildman–Crippen MR) is 122 cm³/mol. The van der Waals surface area contributed by atoms with Gasteiger partial charge in [-0.1, -0.05) is 29.3 Å². The zero-order chi connectivity index (χ0) is 25.4. The number of aromatic nitrogens is 3. The summed E-state index contributed by atoms with van der Waals surface area (Å²) in [5.41, 5.74) is 4.94. The molecular formula is C21H22Cl2N4O7. The molecule has 0 amide bonds. The maximum Gasteiger partial charge on any atom is 0.371 e. The number of carboxylic acids is 1. The molecule has 6 N–H and O–H groups in total. The van der Waals surface area contributed by atoms with Crippen LogP contribution in [0.4, 0.5) is 5.82 Å². The lowest BCUT2D eigenvalue weighted by atomic mass is 9.88. The van der Waals surface area contributed by atoms with E-state index in [1.165, 1.54) is 19.3 Å². The fourth-order valence-corrected chi connectivity index (χ4v) is 3.80. The van der Waals surface area contributed by atoms with Crippen LogP contribution in [0.2, 0.25) is 10.0 Å². The van der Waals surface area contributed by atoms with Crippen molar-refractivity contribution < 1.29 is 34.8 Å². The number of ketones is 1. The van der Waals surface area contributed by atoms with Crippen LogP contribution >= 0.6 is 23.2 Å². The first kappa shape index (κ1) is 25.8. The summed E-state index contributed by atoms with van der Waals surface area (Å²) in [4.78, 5) is 27.0. The number of nitrogens with two attached hydrogens (primary N) is 1. The number of halogens is 2. The van der Waals surface area contributed by atoms with Crippen molar-refractivity contribution in [1.29, 1.82) is 0 Å². The third-order valence-corrected chi connectivity index (χ3v) is 6.16. The predicted octanol–water partition coefficient (Wildman–Crippen LogP) is 1.72. The van der Waals surface area contributed by atoms with E-state index in [-0.39, 0.29) is 10.8 Å². The highest BCUT2D eigenvalue weighted by molar-refractivity contribution is 6.42. The van der Waals surface area contributed by atoms with Crippen LogP contribution in [-0.2, 0) is 14.3 Å². The highest BCUT2D eigenvalue weighted by Crippen LogP contribution is 2.44. The number of rotatable bonds is 4. The first-order chi connectivity index (χ1) is 15.9. The van der Waals surface area contributed by atoms with Crippen LogP contribution in [0, 0.1) is 0 Å². The Morgan fingerprint density at radius 2 is 1.88 bits per heavy atom. The first-order valence-corrected chi connectivity index (χ1v) is 10.6. The van der Waals surface area contributed by atoms with Gasteiger partial charge in [-0.2, -0.15) is 0 Å². The average molecular weight is 513 g/mol. The Morgan fingerprint density at radius 3 is 2.47 bits per heavy atom. The summed E-state index contributed by atoms with van der Waals surface area (Å²) < 4.78 is 7.45. The topological polar surface area (TPSA) is 181 Å². The Morgan fingerprint density at radius 1 is 1.24 bits per heavy atom. The molecule has 0 saturated carbocycles. The normalized spacial score (nSPS) is 25.0. The van der Waals surface area contributed by atoms with Crippen molar-refractivity contribution in [3.63, 3.8) is 0 Å². The lowest BCUT2D eigenvalue weighted by Crippen LogP contribution is -2.47. The molecule has 0 radical (unpaired) electrons. The third-order valence-electron chi connectivity index (χ3n) is 5.42. The van der Waals surface area contributed by atoms with Gasteiger partial charge in [-0.25, -0.2) is 14.8 Å². The summed E-state index contributed by atoms with van der Waals surface area (Å²) in [6.07, 6.45) is -1.80. The second-order valence-electron chi connectivity index (χ2n) is 7.82. The van der Waals surface area contributed by atoms with Crippen molar-refractivity contribution in [2.75, 3.05) is 5.73 Å². The molecule has 1 saturated heterocycles. The molecule has 0 unspecified atom stereocenters. The molecule has 5 atom stereocenters. The summed E-state index contributed by atoms with van der Waals surface area (Å²) in [7, 11) is 0. The fraction of sp³-hybridized carbons (Fsp3) is 0.333. The van der Waals surface area contributed by atoms with Crippen LogP contribution < -0.4 is 5.73 Å². The maximum atomic E-state index is 10.9. The number of hydrogen-bond acceptors (Lipinski definition) is 9. The summed E-state index contributed by atoms with van der Waals surface area (Å²) >= 11 is 12.0. The summed E-state index contributed by atoms with van der Waals surface area (Å²) in [5, 5.41) is 41.3. The minimum absolute atomic E-state index is 0.261. The molecule has 34 heavy (non-hydrogen) atoms. The Bertz CT molecular complexity index is 1220. The van der Waals surface area contributed by atoms with E-state index in [1.807, 2.05) is 0 Å². The molecular weight excluding hydrogens is 491 g/mol. The highest BCUT2D eigenvalue weighted by atomic mass is 35.5. The van der Waals surface area contributed by atoms with Gasteiger partial charge < -0.3 is 35.5 Å². The van der Waals surface area contributed by atoms with E-state index in [4.69, 9.17) is 38.8 Å². The second kappa shape index (κ2) is 9.82. The van der Waals surface area contributed by atoms with E-state index in [9.17, 15) is 24.9 Å². The summed E-state index contributed by atoms with van der Waals surface area (Å²) in [5.74, 6) is -1.92. The molecule has 0 aliphatic carbocycles. The van der Waals surface area contributed by atoms with Crippen molar-refractivity contribution in [3.8, 4) is 0 Å². The Balaban J connectivity index is 0.000000481. The largest absolute Gasteiger partial charge is 0.476 e. The van der Waals surface area contributed by atoms with Crippen LogP contribution in [0.25, 0.3) is 11.0 Å². The van der Waals surface area contributed by atoms with Crippen LogP contribution in [0.3, 0.4) is 0 Å². The zero-order valence-electron chi connectivity index (χ0n) is 18.0. The Kier molecular flexibility index (Phi) is 7.46. The minimum Gasteiger partial charge on any atom is -0.476 e. The number of carbonyl (C=O) groups is 2. The Hall–Kier alpha value is -2.80. The van der Waals surface area contributed by atoms with E-state index < -0.39 is 41.9 Å². The van der Waals surface area contributed by atoms with Crippen LogP contribution in [0.1, 0.15) is 31.7 Å². The Labute approximate surface area is 203 Å². The van der Waals surface area contributed by atoms with Gasteiger partial charge in [0.15, 0.2) is 6.23 Å². The third kappa shape index (κ3) is 4.85. The van der Waals surface area contributed by atoms with Gasteiger partial charge in [-0.05, 0) is 30.7 Å². The summed E-state index contributed by atoms with van der Waals surface area (Å²) in [6.45, 7) is 2.40. The maximum absolute atomic E-state index is 10.9. The fourth-order valence-electron chi connectivity index (χ4n) is 3.50. The van der Waals surface area contributed by atoms with Crippen molar-refractivity contribution in [2.24, 2.45) is 0 Å². The van der Waals surface area contributed by atoms with E-state index in [0.29, 0.717) is 21.6 Å². The molecule has 1 aromatic carbocycles. The van der Waals surface area contributed by atoms with Gasteiger partial charge in [-0.15, -0.1) is 0 Å². The number of ether oxygens (including phenoxy) is 1. The van der Waals surface area contributed by atoms with Crippen LogP contribution in [0.5, 0.6) is 0 Å². The molecule has 2 aromatic heterocycles. The molecule has 3 heterocycles. The van der Waals surface area contributed by atoms with Gasteiger partial charge in [0.1, 0.15) is 41.7 Å². The molecule has 3 aromatic rings. The number of aliphatic carboxylic acids is 1. The van der Waals surface area contributed by atoms with E-state index in [1.54, 1.807) is 29.0 Å². The minimum atomic E-state index is -1.76. The van der Waals surface area contributed by atoms with Crippen molar-refractivity contribution in [3.05, 3.63) is 52.4 Å². The molecule has 0 spiro atoms. The number of aliphatic hydroxyl groups is 3. The van der Waals surface area contributed by atoms with Gasteiger partial charge in [0, 0.05) is 13.1 Å². The molecule has 13 heteroatoms. The number of Topliss-reactive ketones (excluding diaryl/α,β-unsaturated/α-hetero) is 1. The van der Waals surface area contributed by atoms with Gasteiger partial charge in [0.25, 0.3) is 0 Å². The van der Waals surface area contributed by atoms with E-state index >= 15 is 0 Å². The van der Waals surface area contributed by atoms with Crippen molar-refractivity contribution in [1.82, 2.24) is 14.5 Å². The number of nitrogens with zero attached hydrogens (tertiary/aromatic N) is 3. The average Bonchev–Trinajstić information content (AvgIpc) is 3.30. The quantitative estimate of drug-likeness (QED) is 0.322. The number of benzene rings is 1.